The van der Waals surface area contributed by atoms with Crippen LogP contribution in [-0.2, 0) is 9.47 Å². The van der Waals surface area contributed by atoms with E-state index in [2.05, 4.69) is 64.2 Å². The smallest absolute Gasteiger partial charge is 0.188 e. The minimum Gasteiger partial charge on any atom is -0.382 e. The highest BCUT2D eigenvalue weighted by molar-refractivity contribution is 6.23. The van der Waals surface area contributed by atoms with Crippen molar-refractivity contribution in [1.29, 1.82) is 0 Å². The van der Waals surface area contributed by atoms with Crippen molar-refractivity contribution >= 4 is 28.3 Å². The van der Waals surface area contributed by atoms with Crippen molar-refractivity contribution in [3.05, 3.63) is 59.2 Å². The van der Waals surface area contributed by atoms with Crippen LogP contribution in [-0.4, -0.2) is 38.3 Å². The van der Waals surface area contributed by atoms with E-state index < -0.39 is 0 Å². The van der Waals surface area contributed by atoms with E-state index in [1.165, 1.54) is 64.2 Å². The van der Waals surface area contributed by atoms with Crippen molar-refractivity contribution in [2.45, 2.75) is 111 Å². The first-order valence-electron chi connectivity index (χ1n) is 19.6. The summed E-state index contributed by atoms with van der Waals surface area (Å²) in [7, 11) is 0. The second-order valence-electron chi connectivity index (χ2n) is 17.2. The molecule has 4 nitrogen and oxygen atoms in total. The van der Waals surface area contributed by atoms with E-state index in [0.717, 1.165) is 69.5 Å². The van der Waals surface area contributed by atoms with E-state index in [0.29, 0.717) is 43.3 Å². The summed E-state index contributed by atoms with van der Waals surface area (Å²) in [6.07, 6.45) is 21.5. The number of rotatable bonds is 13. The van der Waals surface area contributed by atoms with E-state index >= 15 is 0 Å². The van der Waals surface area contributed by atoms with Crippen LogP contribution in [0.1, 0.15) is 121 Å². The minimum absolute atomic E-state index is 0.0648. The van der Waals surface area contributed by atoms with Crippen LogP contribution in [0, 0.1) is 46.3 Å². The van der Waals surface area contributed by atoms with Gasteiger partial charge in [-0.25, -0.2) is 0 Å². The molecule has 0 radical (unpaired) electrons. The molecule has 7 rings (SSSR count). The second-order valence-corrected chi connectivity index (χ2v) is 17.2. The maximum absolute atomic E-state index is 12.8. The molecule has 0 heterocycles. The van der Waals surface area contributed by atoms with Crippen LogP contribution in [0.4, 0.5) is 5.69 Å². The highest BCUT2D eigenvalue weighted by Gasteiger charge is 2.59. The summed E-state index contributed by atoms with van der Waals surface area (Å²) >= 11 is 0. The molecule has 0 aliphatic heterocycles. The molecule has 260 valence electrons. The van der Waals surface area contributed by atoms with Crippen molar-refractivity contribution in [2.75, 3.05) is 31.7 Å². The van der Waals surface area contributed by atoms with Gasteiger partial charge in [-0.05, 0) is 121 Å². The number of benzene rings is 2. The lowest BCUT2D eigenvalue weighted by Gasteiger charge is -2.58. The number of hydrogen-bond acceptors (Lipinski definition) is 4. The van der Waals surface area contributed by atoms with Gasteiger partial charge >= 0.3 is 0 Å². The molecule has 5 aliphatic rings. The predicted octanol–water partition coefficient (Wildman–Crippen LogP) is 10.9. The fraction of sp³-hybridized carbons (Fsp3) is 0.659. The Morgan fingerprint density at radius 1 is 0.917 bits per heavy atom. The molecule has 5 aliphatic carbocycles. The first kappa shape index (κ1) is 34.0. The van der Waals surface area contributed by atoms with E-state index in [1.54, 1.807) is 11.6 Å². The summed E-state index contributed by atoms with van der Waals surface area (Å²) in [6.45, 7) is 15.2. The number of hydrogen-bond donors (Lipinski definition) is 1. The minimum atomic E-state index is 0.0648. The lowest BCUT2D eigenvalue weighted by Crippen LogP contribution is -2.51. The Morgan fingerprint density at radius 2 is 1.79 bits per heavy atom. The molecule has 3 fully saturated rings. The van der Waals surface area contributed by atoms with Gasteiger partial charge in [-0.15, -0.1) is 0 Å². The maximum atomic E-state index is 12.8. The van der Waals surface area contributed by atoms with Crippen molar-refractivity contribution in [3.63, 3.8) is 0 Å². The molecule has 0 spiro atoms. The molecule has 2 aromatic carbocycles. The first-order chi connectivity index (χ1) is 23.2. The Labute approximate surface area is 290 Å². The van der Waals surface area contributed by atoms with Crippen LogP contribution < -0.4 is 5.32 Å². The summed E-state index contributed by atoms with van der Waals surface area (Å²) < 4.78 is 12.4. The van der Waals surface area contributed by atoms with E-state index in [4.69, 9.17) is 9.47 Å². The average molecular weight is 652 g/mol. The molecular formula is C44H61NO3. The van der Waals surface area contributed by atoms with Crippen LogP contribution in [0.5, 0.6) is 0 Å². The molecule has 3 unspecified atom stereocenters. The Morgan fingerprint density at radius 3 is 2.65 bits per heavy atom. The summed E-state index contributed by atoms with van der Waals surface area (Å²) in [6, 6.07) is 10.3. The molecule has 1 N–H and O–H groups in total. The van der Waals surface area contributed by atoms with Crippen molar-refractivity contribution in [2.24, 2.45) is 46.3 Å². The van der Waals surface area contributed by atoms with E-state index in [1.807, 2.05) is 18.2 Å². The van der Waals surface area contributed by atoms with E-state index in [-0.39, 0.29) is 5.78 Å². The zero-order valence-corrected chi connectivity index (χ0v) is 30.5. The molecule has 4 heteroatoms. The van der Waals surface area contributed by atoms with Gasteiger partial charge in [0, 0.05) is 17.6 Å². The molecule has 0 aromatic heterocycles. The van der Waals surface area contributed by atoms with Crippen LogP contribution in [0.15, 0.2) is 48.1 Å². The number of ketones is 1. The largest absolute Gasteiger partial charge is 0.382 e. The Bertz CT molecular complexity index is 1540. The van der Waals surface area contributed by atoms with Gasteiger partial charge in [-0.2, -0.15) is 0 Å². The van der Waals surface area contributed by atoms with Gasteiger partial charge < -0.3 is 14.8 Å². The molecule has 0 bridgehead atoms. The normalized spacial score (nSPS) is 32.9. The standard InChI is InChI=1S/C44H61NO3/c1-29(2)8-6-9-30(3)36-16-17-37-35-15-14-33-28-34(20-22-43(33,4)38(35)21-23-44(36,37)5)48-27-26-47-25-24-45-39-18-12-31-10-7-11-32-13-19-40(46)42(39)41(31)32/h7,10-14,18-19,29-30,34-38,45H,6,8-9,15-17,20-28H2,1-5H3/t30-,34+,35?,36-,37?,38?,43+,44-/m0/s1. The molecule has 48 heavy (non-hydrogen) atoms. The van der Waals surface area contributed by atoms with Crippen molar-refractivity contribution in [3.8, 4) is 0 Å². The van der Waals surface area contributed by atoms with Crippen LogP contribution in [0.2, 0.25) is 0 Å². The number of fused-ring (bicyclic) bond motifs is 5. The van der Waals surface area contributed by atoms with Gasteiger partial charge in [-0.1, -0.05) is 95.9 Å². The summed E-state index contributed by atoms with van der Waals surface area (Å²) in [5, 5.41) is 5.60. The fourth-order valence-electron chi connectivity index (χ4n) is 11.6. The molecular weight excluding hydrogens is 590 g/mol. The Balaban J connectivity index is 0.867. The van der Waals surface area contributed by atoms with Gasteiger partial charge in [0.25, 0.3) is 0 Å². The number of allylic oxidation sites excluding steroid dienone is 2. The summed E-state index contributed by atoms with van der Waals surface area (Å²) in [4.78, 5) is 12.8. The number of carbonyl (C=O) groups is 1. The van der Waals surface area contributed by atoms with Gasteiger partial charge in [0.15, 0.2) is 5.78 Å². The molecule has 8 atom stereocenters. The predicted molar refractivity (Wildman–Crippen MR) is 199 cm³/mol. The highest BCUT2D eigenvalue weighted by Crippen LogP contribution is 2.67. The molecule has 2 aromatic rings. The number of anilines is 1. The second kappa shape index (κ2) is 14.1. The third-order valence-electron chi connectivity index (χ3n) is 14.1. The lowest BCUT2D eigenvalue weighted by molar-refractivity contribution is -0.0676. The number of carbonyl (C=O) groups excluding carboxylic acids is 1. The topological polar surface area (TPSA) is 47.6 Å². The molecule has 0 amide bonds. The third kappa shape index (κ3) is 6.34. The van der Waals surface area contributed by atoms with Crippen molar-refractivity contribution in [1.82, 2.24) is 0 Å². The number of ether oxygens (including phenoxy) is 2. The molecule has 0 saturated heterocycles. The van der Waals surface area contributed by atoms with Crippen LogP contribution in [0.3, 0.4) is 0 Å². The maximum Gasteiger partial charge on any atom is 0.188 e. The van der Waals surface area contributed by atoms with Gasteiger partial charge in [0.1, 0.15) is 0 Å². The SMILES string of the molecule is CC(C)CCC[C@H](C)[C@@H]1CCC2C3CC=C4C[C@H](OCCOCCNc5ccc6cccc7c6c5C(=O)C=C7)CC[C@@]4(C)C3CC[C@]21C. The number of nitrogens with one attached hydrogen (secondary N) is 1. The average Bonchev–Trinajstić information content (AvgIpc) is 3.43. The van der Waals surface area contributed by atoms with E-state index in [9.17, 15) is 4.79 Å². The summed E-state index contributed by atoms with van der Waals surface area (Å²) in [5.74, 6) is 5.37. The zero-order valence-electron chi connectivity index (χ0n) is 30.5. The van der Waals surface area contributed by atoms with Crippen molar-refractivity contribution < 1.29 is 14.3 Å². The molecule has 3 saturated carbocycles. The summed E-state index contributed by atoms with van der Waals surface area (Å²) in [5.41, 5.74) is 5.40. The van der Waals surface area contributed by atoms with Crippen LogP contribution in [0.25, 0.3) is 16.8 Å². The zero-order chi connectivity index (χ0) is 33.5. The Kier molecular flexibility index (Phi) is 9.97. The fourth-order valence-corrected chi connectivity index (χ4v) is 11.6. The van der Waals surface area contributed by atoms with Gasteiger partial charge in [0.2, 0.25) is 0 Å². The van der Waals surface area contributed by atoms with Gasteiger partial charge in [0.05, 0.1) is 31.5 Å². The third-order valence-corrected chi connectivity index (χ3v) is 14.1. The first-order valence-corrected chi connectivity index (χ1v) is 19.6. The highest BCUT2D eigenvalue weighted by atomic mass is 16.5. The van der Waals surface area contributed by atoms with Gasteiger partial charge in [-0.3, -0.25) is 4.79 Å². The monoisotopic (exact) mass is 651 g/mol. The quantitative estimate of drug-likeness (QED) is 0.173. The lowest BCUT2D eigenvalue weighted by atomic mass is 9.47. The Hall–Kier alpha value is -2.43. The van der Waals surface area contributed by atoms with Crippen LogP contribution >= 0.6 is 0 Å².